The molecule has 3 aromatic rings. The van der Waals surface area contributed by atoms with E-state index in [0.717, 1.165) is 17.4 Å². The van der Waals surface area contributed by atoms with Crippen molar-refractivity contribution in [2.45, 2.75) is 52.6 Å². The van der Waals surface area contributed by atoms with Gasteiger partial charge in [0.15, 0.2) is 0 Å². The van der Waals surface area contributed by atoms with E-state index in [0.29, 0.717) is 24.2 Å². The van der Waals surface area contributed by atoms with Crippen LogP contribution in [-0.4, -0.2) is 50.5 Å². The Labute approximate surface area is 243 Å². The highest BCUT2D eigenvalue weighted by Crippen LogP contribution is 2.21. The quantitative estimate of drug-likeness (QED) is 0.287. The van der Waals surface area contributed by atoms with Crippen LogP contribution in [0.15, 0.2) is 78.9 Å². The van der Waals surface area contributed by atoms with Crippen molar-refractivity contribution in [3.05, 3.63) is 101 Å². The molecule has 9 heteroatoms. The van der Waals surface area contributed by atoms with E-state index in [-0.39, 0.29) is 49.5 Å². The van der Waals surface area contributed by atoms with E-state index < -0.39 is 16.1 Å². The Hall–Kier alpha value is -3.72. The number of carbonyl (C=O) groups is 2. The fraction of sp³-hybridized carbons (Fsp3) is 0.375. The number of amides is 2. The summed E-state index contributed by atoms with van der Waals surface area (Å²) in [5.74, 6) is -0.719. The Bertz CT molecular complexity index is 1400. The zero-order valence-corrected chi connectivity index (χ0v) is 25.0. The molecule has 3 aromatic carbocycles. The molecule has 0 aliphatic rings. The van der Waals surface area contributed by atoms with Gasteiger partial charge in [0.05, 0.1) is 11.9 Å². The summed E-state index contributed by atoms with van der Waals surface area (Å²) in [5.41, 5.74) is 3.05. The Kier molecular flexibility index (Phi) is 11.5. The van der Waals surface area contributed by atoms with Crippen molar-refractivity contribution in [1.29, 1.82) is 0 Å². The molecule has 0 bridgehead atoms. The van der Waals surface area contributed by atoms with Gasteiger partial charge >= 0.3 is 0 Å². The second kappa shape index (κ2) is 14.8. The Morgan fingerprint density at radius 1 is 0.927 bits per heavy atom. The van der Waals surface area contributed by atoms with Gasteiger partial charge in [-0.2, -0.15) is 0 Å². The van der Waals surface area contributed by atoms with Crippen LogP contribution in [0, 0.1) is 18.7 Å². The fourth-order valence-corrected chi connectivity index (χ4v) is 5.51. The minimum absolute atomic E-state index is 0.0295. The van der Waals surface area contributed by atoms with Gasteiger partial charge in [-0.05, 0) is 60.2 Å². The molecule has 0 fully saturated rings. The third-order valence-corrected chi connectivity index (χ3v) is 7.86. The average Bonchev–Trinajstić information content (AvgIpc) is 2.92. The fourth-order valence-electron chi connectivity index (χ4n) is 4.55. The molecular formula is C32H40FN3O4S. The SMILES string of the molecule is Cc1cccc(N(CCCC(=O)N(Cc2ccc(F)cc2)[C@@H](Cc2ccccc2)C(=O)NCC(C)C)S(C)(=O)=O)c1. The maximum atomic E-state index is 13.8. The van der Waals surface area contributed by atoms with Crippen LogP contribution in [0.3, 0.4) is 0 Å². The van der Waals surface area contributed by atoms with Crippen LogP contribution in [0.4, 0.5) is 10.1 Å². The molecule has 1 atom stereocenters. The van der Waals surface area contributed by atoms with Crippen molar-refractivity contribution in [1.82, 2.24) is 10.2 Å². The van der Waals surface area contributed by atoms with Crippen molar-refractivity contribution < 1.29 is 22.4 Å². The van der Waals surface area contributed by atoms with Gasteiger partial charge in [-0.3, -0.25) is 13.9 Å². The third kappa shape index (κ3) is 10.0. The summed E-state index contributed by atoms with van der Waals surface area (Å²) in [7, 11) is -3.58. The average molecular weight is 582 g/mol. The molecule has 3 rings (SSSR count). The number of aryl methyl sites for hydroxylation is 1. The number of anilines is 1. The second-order valence-corrected chi connectivity index (χ2v) is 12.7. The van der Waals surface area contributed by atoms with Crippen molar-refractivity contribution in [2.75, 3.05) is 23.7 Å². The number of hydrogen-bond acceptors (Lipinski definition) is 4. The van der Waals surface area contributed by atoms with Crippen LogP contribution in [0.25, 0.3) is 0 Å². The number of rotatable bonds is 14. The number of benzene rings is 3. The van der Waals surface area contributed by atoms with Gasteiger partial charge < -0.3 is 10.2 Å². The van der Waals surface area contributed by atoms with Crippen LogP contribution in [0.2, 0.25) is 0 Å². The predicted molar refractivity (Wildman–Crippen MR) is 161 cm³/mol. The van der Waals surface area contributed by atoms with Gasteiger partial charge in [-0.1, -0.05) is 68.4 Å². The predicted octanol–water partition coefficient (Wildman–Crippen LogP) is 5.09. The third-order valence-electron chi connectivity index (χ3n) is 6.66. The lowest BCUT2D eigenvalue weighted by molar-refractivity contribution is -0.141. The molecule has 0 aliphatic heterocycles. The van der Waals surface area contributed by atoms with E-state index in [1.54, 1.807) is 30.3 Å². The number of nitrogens with one attached hydrogen (secondary N) is 1. The molecule has 0 aromatic heterocycles. The van der Waals surface area contributed by atoms with E-state index >= 15 is 0 Å². The Morgan fingerprint density at radius 2 is 1.61 bits per heavy atom. The number of sulfonamides is 1. The molecule has 41 heavy (non-hydrogen) atoms. The summed E-state index contributed by atoms with van der Waals surface area (Å²) in [6, 6.07) is 21.7. The maximum absolute atomic E-state index is 13.8. The topological polar surface area (TPSA) is 86.8 Å². The summed E-state index contributed by atoms with van der Waals surface area (Å²) in [5, 5.41) is 2.97. The van der Waals surface area contributed by atoms with Crippen LogP contribution in [0.5, 0.6) is 0 Å². The Morgan fingerprint density at radius 3 is 2.22 bits per heavy atom. The Balaban J connectivity index is 1.87. The molecule has 0 heterocycles. The minimum atomic E-state index is -3.58. The van der Waals surface area contributed by atoms with Gasteiger partial charge in [0, 0.05) is 32.5 Å². The molecular weight excluding hydrogens is 541 g/mol. The van der Waals surface area contributed by atoms with E-state index in [2.05, 4.69) is 5.32 Å². The van der Waals surface area contributed by atoms with Gasteiger partial charge in [-0.25, -0.2) is 12.8 Å². The molecule has 7 nitrogen and oxygen atoms in total. The minimum Gasteiger partial charge on any atom is -0.354 e. The molecule has 1 N–H and O–H groups in total. The van der Waals surface area contributed by atoms with Gasteiger partial charge in [-0.15, -0.1) is 0 Å². The lowest BCUT2D eigenvalue weighted by atomic mass is 10.0. The lowest BCUT2D eigenvalue weighted by Crippen LogP contribution is -2.51. The standard InChI is InChI=1S/C32H40FN3O4S/c1-24(2)22-34-32(38)30(21-26-11-6-5-7-12-26)35(23-27-15-17-28(33)18-16-27)31(37)14-9-19-36(41(4,39)40)29-13-8-10-25(3)20-29/h5-8,10-13,15-18,20,24,30H,9,14,19,21-23H2,1-4H3,(H,34,38)/t30-/m0/s1. The van der Waals surface area contributed by atoms with Crippen molar-refractivity contribution in [3.63, 3.8) is 0 Å². The molecule has 2 amide bonds. The summed E-state index contributed by atoms with van der Waals surface area (Å²) >= 11 is 0. The van der Waals surface area contributed by atoms with E-state index in [1.807, 2.05) is 57.2 Å². The molecule has 0 saturated carbocycles. The van der Waals surface area contributed by atoms with Crippen LogP contribution < -0.4 is 9.62 Å². The van der Waals surface area contributed by atoms with Crippen molar-refractivity contribution in [3.8, 4) is 0 Å². The molecule has 0 spiro atoms. The summed E-state index contributed by atoms with van der Waals surface area (Å²) in [6.07, 6.45) is 1.73. The number of carbonyl (C=O) groups excluding carboxylic acids is 2. The second-order valence-electron chi connectivity index (χ2n) is 10.8. The highest BCUT2D eigenvalue weighted by molar-refractivity contribution is 7.92. The van der Waals surface area contributed by atoms with E-state index in [9.17, 15) is 22.4 Å². The number of nitrogens with zero attached hydrogens (tertiary/aromatic N) is 2. The van der Waals surface area contributed by atoms with E-state index in [4.69, 9.17) is 0 Å². The molecule has 0 unspecified atom stereocenters. The highest BCUT2D eigenvalue weighted by Gasteiger charge is 2.30. The van der Waals surface area contributed by atoms with Gasteiger partial charge in [0.2, 0.25) is 21.8 Å². The first-order valence-electron chi connectivity index (χ1n) is 13.8. The van der Waals surface area contributed by atoms with Crippen LogP contribution >= 0.6 is 0 Å². The highest BCUT2D eigenvalue weighted by atomic mass is 32.2. The number of hydrogen-bond donors (Lipinski definition) is 1. The number of halogens is 1. The van der Waals surface area contributed by atoms with Crippen molar-refractivity contribution in [2.24, 2.45) is 5.92 Å². The van der Waals surface area contributed by atoms with Crippen LogP contribution in [-0.2, 0) is 32.6 Å². The largest absolute Gasteiger partial charge is 0.354 e. The first kappa shape index (κ1) is 31.8. The monoisotopic (exact) mass is 581 g/mol. The van der Waals surface area contributed by atoms with Gasteiger partial charge in [0.1, 0.15) is 11.9 Å². The zero-order chi connectivity index (χ0) is 30.0. The lowest BCUT2D eigenvalue weighted by Gasteiger charge is -2.32. The smallest absolute Gasteiger partial charge is 0.243 e. The normalized spacial score (nSPS) is 12.1. The summed E-state index contributed by atoms with van der Waals surface area (Å²) in [6.45, 7) is 6.56. The van der Waals surface area contributed by atoms with Crippen LogP contribution in [0.1, 0.15) is 43.4 Å². The first-order chi connectivity index (χ1) is 19.4. The molecule has 0 aliphatic carbocycles. The van der Waals surface area contributed by atoms with E-state index in [1.165, 1.54) is 21.3 Å². The van der Waals surface area contributed by atoms with Gasteiger partial charge in [0.25, 0.3) is 0 Å². The summed E-state index contributed by atoms with van der Waals surface area (Å²) < 4.78 is 40.1. The molecule has 0 radical (unpaired) electrons. The summed E-state index contributed by atoms with van der Waals surface area (Å²) in [4.78, 5) is 28.9. The zero-order valence-electron chi connectivity index (χ0n) is 24.2. The molecule has 0 saturated heterocycles. The first-order valence-corrected chi connectivity index (χ1v) is 15.7. The maximum Gasteiger partial charge on any atom is 0.243 e. The van der Waals surface area contributed by atoms with Crippen molar-refractivity contribution >= 4 is 27.5 Å². The molecule has 220 valence electrons.